The van der Waals surface area contributed by atoms with Crippen molar-refractivity contribution in [2.45, 2.75) is 24.3 Å². The van der Waals surface area contributed by atoms with Crippen LogP contribution in [-0.4, -0.2) is 48.1 Å². The second-order valence-corrected chi connectivity index (χ2v) is 7.05. The Kier molecular flexibility index (Phi) is 4.22. The van der Waals surface area contributed by atoms with Crippen molar-refractivity contribution >= 4 is 21.7 Å². The lowest BCUT2D eigenvalue weighted by Gasteiger charge is -2.25. The van der Waals surface area contributed by atoms with Crippen molar-refractivity contribution in [1.82, 2.24) is 4.31 Å². The number of nitrogen functional groups attached to an aromatic ring is 1. The van der Waals surface area contributed by atoms with E-state index in [-0.39, 0.29) is 28.7 Å². The van der Waals surface area contributed by atoms with Gasteiger partial charge in [-0.15, -0.1) is 0 Å². The number of carboxylic acid groups (broad SMARTS) is 1. The number of rotatable bonds is 4. The van der Waals surface area contributed by atoms with Gasteiger partial charge < -0.3 is 15.9 Å². The standard InChI is InChI=1S/C13H18N2O5S/c1-8-4-5-15(11(8)7-16)21(19,20)12-3-2-9(13(17)18)6-10(12)14/h2-3,6,8,11,16H,4-5,7,14H2,1H3,(H,17,18). The molecule has 0 aliphatic carbocycles. The lowest BCUT2D eigenvalue weighted by atomic mass is 10.0. The number of aromatic carboxylic acids is 1. The summed E-state index contributed by atoms with van der Waals surface area (Å²) in [6, 6.07) is 3.06. The quantitative estimate of drug-likeness (QED) is 0.690. The molecule has 1 aliphatic rings. The molecule has 1 saturated heterocycles. The molecule has 2 atom stereocenters. The van der Waals surface area contributed by atoms with Crippen molar-refractivity contribution in [3.63, 3.8) is 0 Å². The molecule has 1 aliphatic heterocycles. The number of nitrogens with zero attached hydrogens (tertiary/aromatic N) is 1. The molecule has 0 spiro atoms. The van der Waals surface area contributed by atoms with Gasteiger partial charge in [0.2, 0.25) is 10.0 Å². The zero-order valence-electron chi connectivity index (χ0n) is 11.6. The van der Waals surface area contributed by atoms with Crippen LogP contribution in [0, 0.1) is 5.92 Å². The van der Waals surface area contributed by atoms with E-state index in [1.807, 2.05) is 6.92 Å². The summed E-state index contributed by atoms with van der Waals surface area (Å²) in [4.78, 5) is 10.7. The van der Waals surface area contributed by atoms with Crippen LogP contribution in [-0.2, 0) is 10.0 Å². The third-order valence-corrected chi connectivity index (χ3v) is 5.86. The maximum absolute atomic E-state index is 12.6. The first-order valence-electron chi connectivity index (χ1n) is 6.54. The van der Waals surface area contributed by atoms with Crippen molar-refractivity contribution in [2.75, 3.05) is 18.9 Å². The first-order valence-corrected chi connectivity index (χ1v) is 7.98. The number of aliphatic hydroxyl groups is 1. The Hall–Kier alpha value is -1.64. The Bertz CT molecular complexity index is 659. The van der Waals surface area contributed by atoms with Gasteiger partial charge in [0.05, 0.1) is 23.9 Å². The van der Waals surface area contributed by atoms with Crippen LogP contribution < -0.4 is 5.73 Å². The van der Waals surface area contributed by atoms with E-state index in [0.717, 1.165) is 6.07 Å². The molecule has 7 nitrogen and oxygen atoms in total. The molecule has 2 unspecified atom stereocenters. The number of carboxylic acids is 1. The highest BCUT2D eigenvalue weighted by atomic mass is 32.2. The van der Waals surface area contributed by atoms with E-state index in [2.05, 4.69) is 0 Å². The number of carbonyl (C=O) groups is 1. The van der Waals surface area contributed by atoms with Crippen LogP contribution >= 0.6 is 0 Å². The Morgan fingerprint density at radius 1 is 1.48 bits per heavy atom. The summed E-state index contributed by atoms with van der Waals surface area (Å²) in [5.41, 5.74) is 5.53. The largest absolute Gasteiger partial charge is 0.478 e. The van der Waals surface area contributed by atoms with Gasteiger partial charge >= 0.3 is 5.97 Å². The zero-order chi connectivity index (χ0) is 15.8. The van der Waals surface area contributed by atoms with Crippen LogP contribution in [0.5, 0.6) is 0 Å². The van der Waals surface area contributed by atoms with Gasteiger partial charge in [0, 0.05) is 6.54 Å². The molecular formula is C13H18N2O5S. The maximum atomic E-state index is 12.6. The fraction of sp³-hybridized carbons (Fsp3) is 0.462. The Morgan fingerprint density at radius 3 is 2.67 bits per heavy atom. The molecule has 4 N–H and O–H groups in total. The Labute approximate surface area is 123 Å². The summed E-state index contributed by atoms with van der Waals surface area (Å²) in [5.74, 6) is -1.11. The highest BCUT2D eigenvalue weighted by Gasteiger charge is 2.39. The zero-order valence-corrected chi connectivity index (χ0v) is 12.4. The van der Waals surface area contributed by atoms with E-state index >= 15 is 0 Å². The molecule has 1 fully saturated rings. The molecule has 1 aromatic carbocycles. The van der Waals surface area contributed by atoms with Crippen LogP contribution in [0.1, 0.15) is 23.7 Å². The highest BCUT2D eigenvalue weighted by Crippen LogP contribution is 2.32. The molecule has 1 heterocycles. The number of aliphatic hydroxyl groups excluding tert-OH is 1. The van der Waals surface area contributed by atoms with Gasteiger partial charge in [-0.1, -0.05) is 6.92 Å². The van der Waals surface area contributed by atoms with Crippen LogP contribution in [0.4, 0.5) is 5.69 Å². The predicted octanol–water partition coefficient (Wildman–Crippen LogP) is 0.358. The molecule has 0 aromatic heterocycles. The van der Waals surface area contributed by atoms with E-state index in [1.165, 1.54) is 16.4 Å². The number of anilines is 1. The molecule has 2 rings (SSSR count). The Morgan fingerprint density at radius 2 is 2.14 bits per heavy atom. The first kappa shape index (κ1) is 15.7. The minimum Gasteiger partial charge on any atom is -0.478 e. The smallest absolute Gasteiger partial charge is 0.335 e. The van der Waals surface area contributed by atoms with Crippen molar-refractivity contribution in [3.05, 3.63) is 23.8 Å². The summed E-state index contributed by atoms with van der Waals surface area (Å²) in [5, 5.41) is 18.3. The molecule has 21 heavy (non-hydrogen) atoms. The summed E-state index contributed by atoms with van der Waals surface area (Å²) in [6.45, 7) is 1.94. The number of hydrogen-bond acceptors (Lipinski definition) is 5. The summed E-state index contributed by atoms with van der Waals surface area (Å²) < 4.78 is 26.5. The van der Waals surface area contributed by atoms with Gasteiger partial charge in [0.25, 0.3) is 0 Å². The van der Waals surface area contributed by atoms with Gasteiger partial charge in [-0.2, -0.15) is 4.31 Å². The lowest BCUT2D eigenvalue weighted by Crippen LogP contribution is -2.40. The second-order valence-electron chi connectivity index (χ2n) is 5.19. The molecule has 0 radical (unpaired) electrons. The highest BCUT2D eigenvalue weighted by molar-refractivity contribution is 7.89. The number of benzene rings is 1. The molecular weight excluding hydrogens is 296 g/mol. The predicted molar refractivity (Wildman–Crippen MR) is 76.4 cm³/mol. The molecule has 0 bridgehead atoms. The number of hydrogen-bond donors (Lipinski definition) is 3. The van der Waals surface area contributed by atoms with Crippen molar-refractivity contribution in [1.29, 1.82) is 0 Å². The van der Waals surface area contributed by atoms with Crippen LogP contribution in [0.3, 0.4) is 0 Å². The molecule has 116 valence electrons. The van der Waals surface area contributed by atoms with Gasteiger partial charge in [-0.3, -0.25) is 0 Å². The van der Waals surface area contributed by atoms with Crippen LogP contribution in [0.25, 0.3) is 0 Å². The average molecular weight is 314 g/mol. The van der Waals surface area contributed by atoms with E-state index in [0.29, 0.717) is 13.0 Å². The van der Waals surface area contributed by atoms with E-state index < -0.39 is 22.0 Å². The fourth-order valence-corrected chi connectivity index (χ4v) is 4.41. The Balaban J connectivity index is 2.43. The van der Waals surface area contributed by atoms with Gasteiger partial charge in [0.1, 0.15) is 4.90 Å². The minimum absolute atomic E-state index is 0.0595. The van der Waals surface area contributed by atoms with Gasteiger partial charge in [-0.25, -0.2) is 13.2 Å². The maximum Gasteiger partial charge on any atom is 0.335 e. The average Bonchev–Trinajstić information content (AvgIpc) is 2.79. The van der Waals surface area contributed by atoms with Crippen molar-refractivity contribution < 1.29 is 23.4 Å². The third-order valence-electron chi connectivity index (χ3n) is 3.86. The first-order chi connectivity index (χ1) is 9.78. The number of nitrogens with two attached hydrogens (primary N) is 1. The summed E-state index contributed by atoms with van der Waals surface area (Å²) in [7, 11) is -3.85. The van der Waals surface area contributed by atoms with Crippen LogP contribution in [0.15, 0.2) is 23.1 Å². The van der Waals surface area contributed by atoms with Crippen molar-refractivity contribution in [3.8, 4) is 0 Å². The fourth-order valence-electron chi connectivity index (χ4n) is 2.59. The van der Waals surface area contributed by atoms with Crippen LogP contribution in [0.2, 0.25) is 0 Å². The van der Waals surface area contributed by atoms with E-state index in [9.17, 15) is 18.3 Å². The lowest BCUT2D eigenvalue weighted by molar-refractivity contribution is 0.0697. The topological polar surface area (TPSA) is 121 Å². The SMILES string of the molecule is CC1CCN(S(=O)(=O)c2ccc(C(=O)O)cc2N)C1CO. The second kappa shape index (κ2) is 5.63. The summed E-state index contributed by atoms with van der Waals surface area (Å²) in [6.07, 6.45) is 0.664. The molecule has 0 amide bonds. The van der Waals surface area contributed by atoms with Crippen molar-refractivity contribution in [2.24, 2.45) is 5.92 Å². The summed E-state index contributed by atoms with van der Waals surface area (Å²) >= 11 is 0. The molecule has 8 heteroatoms. The minimum atomic E-state index is -3.85. The normalized spacial score (nSPS) is 23.3. The van der Waals surface area contributed by atoms with E-state index in [4.69, 9.17) is 10.8 Å². The molecule has 1 aromatic rings. The molecule has 0 saturated carbocycles. The third kappa shape index (κ3) is 2.74. The van der Waals surface area contributed by atoms with Gasteiger partial charge in [-0.05, 0) is 30.5 Å². The van der Waals surface area contributed by atoms with Gasteiger partial charge in [0.15, 0.2) is 0 Å². The van der Waals surface area contributed by atoms with E-state index in [1.54, 1.807) is 0 Å². The monoisotopic (exact) mass is 314 g/mol. The number of sulfonamides is 1.